The van der Waals surface area contributed by atoms with E-state index < -0.39 is 0 Å². The summed E-state index contributed by atoms with van der Waals surface area (Å²) in [5, 5.41) is 0.745. The average molecular weight is 368 g/mol. The standard InChI is InChI=1S/C20H20N2O3S/c1-25-17(23)11-16-21-19-18(14-9-5-6-10-15(14)26-19)20(24)22(16)12-13-7-3-2-4-8-13/h2-4,7-8H,5-6,9-12H2,1H3. The molecule has 0 radical (unpaired) electrons. The number of benzene rings is 1. The van der Waals surface area contributed by atoms with Crippen molar-refractivity contribution in [2.24, 2.45) is 0 Å². The lowest BCUT2D eigenvalue weighted by molar-refractivity contribution is -0.140. The van der Waals surface area contributed by atoms with E-state index >= 15 is 0 Å². The fraction of sp³-hybridized carbons (Fsp3) is 0.350. The van der Waals surface area contributed by atoms with Gasteiger partial charge in [-0.05, 0) is 36.8 Å². The van der Waals surface area contributed by atoms with Gasteiger partial charge in [0.15, 0.2) is 0 Å². The van der Waals surface area contributed by atoms with Crippen LogP contribution < -0.4 is 5.56 Å². The number of thiophene rings is 1. The molecule has 4 rings (SSSR count). The molecule has 0 fully saturated rings. The Kier molecular flexibility index (Phi) is 4.59. The lowest BCUT2D eigenvalue weighted by Gasteiger charge is -2.13. The number of aryl methyl sites for hydroxylation is 2. The summed E-state index contributed by atoms with van der Waals surface area (Å²) in [6.07, 6.45) is 4.22. The first kappa shape index (κ1) is 17.0. The van der Waals surface area contributed by atoms with Gasteiger partial charge in [-0.3, -0.25) is 14.2 Å². The minimum Gasteiger partial charge on any atom is -0.469 e. The van der Waals surface area contributed by atoms with E-state index in [4.69, 9.17) is 9.72 Å². The molecule has 134 valence electrons. The van der Waals surface area contributed by atoms with E-state index in [0.717, 1.165) is 41.5 Å². The van der Waals surface area contributed by atoms with Crippen molar-refractivity contribution in [2.75, 3.05) is 7.11 Å². The van der Waals surface area contributed by atoms with Crippen LogP contribution in [0.25, 0.3) is 10.2 Å². The summed E-state index contributed by atoms with van der Waals surface area (Å²) in [6.45, 7) is 0.402. The van der Waals surface area contributed by atoms with Crippen LogP contribution in [0.2, 0.25) is 0 Å². The van der Waals surface area contributed by atoms with E-state index in [2.05, 4.69) is 0 Å². The predicted octanol–water partition coefficient (Wildman–Crippen LogP) is 3.10. The molecule has 0 saturated heterocycles. The molecule has 0 unspecified atom stereocenters. The Balaban J connectivity index is 1.90. The van der Waals surface area contributed by atoms with Crippen LogP contribution >= 0.6 is 11.3 Å². The van der Waals surface area contributed by atoms with Gasteiger partial charge >= 0.3 is 5.97 Å². The van der Waals surface area contributed by atoms with Crippen LogP contribution in [0, 0.1) is 0 Å². The van der Waals surface area contributed by atoms with Crippen molar-refractivity contribution in [3.8, 4) is 0 Å². The molecule has 0 atom stereocenters. The molecule has 2 heterocycles. The zero-order valence-electron chi connectivity index (χ0n) is 14.7. The normalized spacial score (nSPS) is 13.6. The van der Waals surface area contributed by atoms with Crippen molar-refractivity contribution in [3.63, 3.8) is 0 Å². The third-order valence-corrected chi connectivity index (χ3v) is 6.05. The largest absolute Gasteiger partial charge is 0.469 e. The van der Waals surface area contributed by atoms with Crippen molar-refractivity contribution in [1.29, 1.82) is 0 Å². The van der Waals surface area contributed by atoms with Gasteiger partial charge in [-0.2, -0.15) is 0 Å². The molecule has 0 saturated carbocycles. The molecule has 0 amide bonds. The second-order valence-electron chi connectivity index (χ2n) is 6.55. The van der Waals surface area contributed by atoms with Gasteiger partial charge < -0.3 is 4.74 Å². The second kappa shape index (κ2) is 7.03. The van der Waals surface area contributed by atoms with E-state index in [1.807, 2.05) is 30.3 Å². The Morgan fingerprint density at radius 3 is 2.77 bits per heavy atom. The SMILES string of the molecule is COC(=O)Cc1nc2sc3c(c2c(=O)n1Cc1ccccc1)CCCC3. The summed E-state index contributed by atoms with van der Waals surface area (Å²) in [5.74, 6) is 0.0798. The number of rotatable bonds is 4. The first-order chi connectivity index (χ1) is 12.7. The molecule has 1 aromatic carbocycles. The molecule has 0 aliphatic heterocycles. The molecule has 26 heavy (non-hydrogen) atoms. The fourth-order valence-corrected chi connectivity index (χ4v) is 4.82. The maximum atomic E-state index is 13.3. The van der Waals surface area contributed by atoms with Crippen LogP contribution in [-0.2, 0) is 35.3 Å². The molecular weight excluding hydrogens is 348 g/mol. The van der Waals surface area contributed by atoms with E-state index in [-0.39, 0.29) is 17.9 Å². The molecule has 1 aliphatic carbocycles. The second-order valence-corrected chi connectivity index (χ2v) is 7.63. The molecule has 2 aromatic heterocycles. The minimum absolute atomic E-state index is 0.00290. The van der Waals surface area contributed by atoms with E-state index in [0.29, 0.717) is 12.4 Å². The fourth-order valence-electron chi connectivity index (χ4n) is 3.55. The van der Waals surface area contributed by atoms with Crippen molar-refractivity contribution >= 4 is 27.5 Å². The van der Waals surface area contributed by atoms with Crippen LogP contribution in [0.15, 0.2) is 35.1 Å². The van der Waals surface area contributed by atoms with Crippen LogP contribution in [0.3, 0.4) is 0 Å². The number of carbonyl (C=O) groups is 1. The molecule has 6 heteroatoms. The Hall–Kier alpha value is -2.47. The smallest absolute Gasteiger partial charge is 0.313 e. The first-order valence-corrected chi connectivity index (χ1v) is 9.63. The third-order valence-electron chi connectivity index (χ3n) is 4.87. The average Bonchev–Trinajstić information content (AvgIpc) is 3.04. The van der Waals surface area contributed by atoms with Gasteiger partial charge in [-0.1, -0.05) is 30.3 Å². The van der Waals surface area contributed by atoms with E-state index in [9.17, 15) is 9.59 Å². The maximum Gasteiger partial charge on any atom is 0.313 e. The van der Waals surface area contributed by atoms with Crippen LogP contribution in [0.1, 0.15) is 34.7 Å². The van der Waals surface area contributed by atoms with Crippen molar-refractivity contribution in [2.45, 2.75) is 38.6 Å². The lowest BCUT2D eigenvalue weighted by atomic mass is 9.97. The van der Waals surface area contributed by atoms with Crippen LogP contribution in [-0.4, -0.2) is 22.6 Å². The third kappa shape index (κ3) is 3.05. The molecule has 0 N–H and O–H groups in total. The summed E-state index contributed by atoms with van der Waals surface area (Å²) in [6, 6.07) is 9.78. The summed E-state index contributed by atoms with van der Waals surface area (Å²) in [5.41, 5.74) is 2.13. The van der Waals surface area contributed by atoms with Gasteiger partial charge in [0.1, 0.15) is 17.1 Å². The lowest BCUT2D eigenvalue weighted by Crippen LogP contribution is -2.28. The quantitative estimate of drug-likeness (QED) is 0.664. The highest BCUT2D eigenvalue weighted by molar-refractivity contribution is 7.18. The van der Waals surface area contributed by atoms with Gasteiger partial charge in [-0.15, -0.1) is 11.3 Å². The number of carbonyl (C=O) groups excluding carboxylic acids is 1. The highest BCUT2D eigenvalue weighted by Gasteiger charge is 2.23. The van der Waals surface area contributed by atoms with E-state index in [1.165, 1.54) is 17.6 Å². The summed E-state index contributed by atoms with van der Waals surface area (Å²) in [4.78, 5) is 31.9. The predicted molar refractivity (Wildman–Crippen MR) is 102 cm³/mol. The molecule has 3 aromatic rings. The molecule has 5 nitrogen and oxygen atoms in total. The Bertz CT molecular complexity index is 1020. The summed E-state index contributed by atoms with van der Waals surface area (Å²) in [7, 11) is 1.35. The monoisotopic (exact) mass is 368 g/mol. The number of hydrogen-bond donors (Lipinski definition) is 0. The zero-order chi connectivity index (χ0) is 18.1. The number of esters is 1. The molecule has 1 aliphatic rings. The van der Waals surface area contributed by atoms with Gasteiger partial charge in [-0.25, -0.2) is 4.98 Å². The topological polar surface area (TPSA) is 61.2 Å². The highest BCUT2D eigenvalue weighted by atomic mass is 32.1. The maximum absolute atomic E-state index is 13.3. The van der Waals surface area contributed by atoms with Crippen molar-refractivity contribution in [1.82, 2.24) is 9.55 Å². The first-order valence-electron chi connectivity index (χ1n) is 8.82. The van der Waals surface area contributed by atoms with E-state index in [1.54, 1.807) is 15.9 Å². The Morgan fingerprint density at radius 2 is 2.00 bits per heavy atom. The van der Waals surface area contributed by atoms with Crippen LogP contribution in [0.5, 0.6) is 0 Å². The van der Waals surface area contributed by atoms with Gasteiger partial charge in [0, 0.05) is 4.88 Å². The number of ether oxygens (including phenoxy) is 1. The zero-order valence-corrected chi connectivity index (χ0v) is 15.5. The van der Waals surface area contributed by atoms with Gasteiger partial charge in [0.05, 0.1) is 19.0 Å². The highest BCUT2D eigenvalue weighted by Crippen LogP contribution is 2.33. The number of aromatic nitrogens is 2. The molecule has 0 spiro atoms. The van der Waals surface area contributed by atoms with Gasteiger partial charge in [0.25, 0.3) is 5.56 Å². The van der Waals surface area contributed by atoms with Gasteiger partial charge in [0.2, 0.25) is 0 Å². The van der Waals surface area contributed by atoms with Crippen molar-refractivity contribution < 1.29 is 9.53 Å². The number of methoxy groups -OCH3 is 1. The molecule has 0 bridgehead atoms. The number of fused-ring (bicyclic) bond motifs is 3. The number of nitrogens with zero attached hydrogens (tertiary/aromatic N) is 2. The minimum atomic E-state index is -0.389. The summed E-state index contributed by atoms with van der Waals surface area (Å²) < 4.78 is 6.44. The Morgan fingerprint density at radius 1 is 1.23 bits per heavy atom. The molecular formula is C20H20N2O3S. The van der Waals surface area contributed by atoms with Crippen LogP contribution in [0.4, 0.5) is 0 Å². The summed E-state index contributed by atoms with van der Waals surface area (Å²) >= 11 is 1.60. The van der Waals surface area contributed by atoms with Crippen molar-refractivity contribution in [3.05, 3.63) is 62.5 Å². The Labute approximate surface area is 155 Å². The number of hydrogen-bond acceptors (Lipinski definition) is 5.